The van der Waals surface area contributed by atoms with Crippen molar-refractivity contribution in [3.63, 3.8) is 0 Å². The molecule has 0 heterocycles. The first-order valence-electron chi connectivity index (χ1n) is 6.93. The predicted octanol–water partition coefficient (Wildman–Crippen LogP) is 3.37. The van der Waals surface area contributed by atoms with Gasteiger partial charge in [0.2, 0.25) is 0 Å². The Bertz CT molecular complexity index is 316. The van der Waals surface area contributed by atoms with Gasteiger partial charge < -0.3 is 14.8 Å². The number of hydrogen-bond acceptors (Lipinski definition) is 3. The first-order valence-corrected chi connectivity index (χ1v) is 7.73. The molecule has 3 nitrogen and oxygen atoms in total. The van der Waals surface area contributed by atoms with Crippen LogP contribution >= 0.6 is 15.9 Å². The average Bonchev–Trinajstić information content (AvgIpc) is 2.43. The lowest BCUT2D eigenvalue weighted by molar-refractivity contribution is 0.122. The van der Waals surface area contributed by atoms with Crippen LogP contribution in [0.15, 0.2) is 28.7 Å². The maximum absolute atomic E-state index is 5.60. The van der Waals surface area contributed by atoms with E-state index in [9.17, 15) is 0 Å². The molecule has 0 saturated heterocycles. The lowest BCUT2D eigenvalue weighted by Crippen LogP contribution is -2.21. The second kappa shape index (κ2) is 11.4. The fourth-order valence-electron chi connectivity index (χ4n) is 1.64. The van der Waals surface area contributed by atoms with Crippen molar-refractivity contribution in [3.8, 4) is 0 Å². The van der Waals surface area contributed by atoms with Gasteiger partial charge in [-0.2, -0.15) is 0 Å². The van der Waals surface area contributed by atoms with Crippen LogP contribution in [-0.2, 0) is 16.1 Å². The van der Waals surface area contributed by atoms with Crippen molar-refractivity contribution < 1.29 is 9.47 Å². The minimum Gasteiger partial charge on any atom is -0.382 e. The molecule has 1 N–H and O–H groups in total. The molecule has 108 valence electrons. The van der Waals surface area contributed by atoms with E-state index in [4.69, 9.17) is 9.47 Å². The molecule has 0 aliphatic carbocycles. The van der Waals surface area contributed by atoms with Crippen molar-refractivity contribution in [2.24, 2.45) is 0 Å². The SMILES string of the molecule is CCOCCCCNCCOCc1ccc(Br)cc1. The normalized spacial score (nSPS) is 10.8. The first kappa shape index (κ1) is 16.6. The van der Waals surface area contributed by atoms with Gasteiger partial charge in [-0.05, 0) is 44.0 Å². The second-order valence-electron chi connectivity index (χ2n) is 4.33. The van der Waals surface area contributed by atoms with E-state index in [1.165, 1.54) is 5.56 Å². The van der Waals surface area contributed by atoms with E-state index in [-0.39, 0.29) is 0 Å². The van der Waals surface area contributed by atoms with Gasteiger partial charge in [-0.1, -0.05) is 28.1 Å². The molecule has 0 bridgehead atoms. The molecule has 0 atom stereocenters. The van der Waals surface area contributed by atoms with Crippen LogP contribution in [0.2, 0.25) is 0 Å². The van der Waals surface area contributed by atoms with Crippen molar-refractivity contribution in [1.82, 2.24) is 5.32 Å². The summed E-state index contributed by atoms with van der Waals surface area (Å²) < 4.78 is 12.0. The van der Waals surface area contributed by atoms with Crippen LogP contribution in [0.1, 0.15) is 25.3 Å². The number of rotatable bonds is 11. The molecule has 19 heavy (non-hydrogen) atoms. The minimum absolute atomic E-state index is 0.680. The predicted molar refractivity (Wildman–Crippen MR) is 82.4 cm³/mol. The fourth-order valence-corrected chi connectivity index (χ4v) is 1.90. The molecule has 0 radical (unpaired) electrons. The average molecular weight is 330 g/mol. The van der Waals surface area contributed by atoms with E-state index in [1.54, 1.807) is 0 Å². The lowest BCUT2D eigenvalue weighted by Gasteiger charge is -2.06. The van der Waals surface area contributed by atoms with E-state index in [2.05, 4.69) is 33.4 Å². The van der Waals surface area contributed by atoms with Gasteiger partial charge in [-0.15, -0.1) is 0 Å². The number of halogens is 1. The van der Waals surface area contributed by atoms with Gasteiger partial charge >= 0.3 is 0 Å². The summed E-state index contributed by atoms with van der Waals surface area (Å²) in [6.07, 6.45) is 2.29. The monoisotopic (exact) mass is 329 g/mol. The standard InChI is InChI=1S/C15H24BrNO2/c1-2-18-11-4-3-9-17-10-12-19-13-14-5-7-15(16)8-6-14/h5-8,17H,2-4,9-13H2,1H3. The third kappa shape index (κ3) is 9.16. The number of ether oxygens (including phenoxy) is 2. The lowest BCUT2D eigenvalue weighted by atomic mass is 10.2. The highest BCUT2D eigenvalue weighted by Crippen LogP contribution is 2.10. The van der Waals surface area contributed by atoms with Gasteiger partial charge in [0.15, 0.2) is 0 Å². The van der Waals surface area contributed by atoms with E-state index >= 15 is 0 Å². The third-order valence-electron chi connectivity index (χ3n) is 2.70. The topological polar surface area (TPSA) is 30.5 Å². The van der Waals surface area contributed by atoms with Crippen molar-refractivity contribution in [3.05, 3.63) is 34.3 Å². The van der Waals surface area contributed by atoms with Gasteiger partial charge in [0.25, 0.3) is 0 Å². The zero-order valence-electron chi connectivity index (χ0n) is 11.7. The van der Waals surface area contributed by atoms with E-state index < -0.39 is 0 Å². The smallest absolute Gasteiger partial charge is 0.0717 e. The fraction of sp³-hybridized carbons (Fsp3) is 0.600. The van der Waals surface area contributed by atoms with Gasteiger partial charge in [0.1, 0.15) is 0 Å². The Hall–Kier alpha value is -0.420. The number of nitrogens with one attached hydrogen (secondary N) is 1. The third-order valence-corrected chi connectivity index (χ3v) is 3.23. The molecule has 0 amide bonds. The van der Waals surface area contributed by atoms with Gasteiger partial charge in [-0.25, -0.2) is 0 Å². The molecule has 1 aromatic carbocycles. The summed E-state index contributed by atoms with van der Waals surface area (Å²) in [7, 11) is 0. The maximum atomic E-state index is 5.60. The quantitative estimate of drug-likeness (QED) is 0.631. The summed E-state index contributed by atoms with van der Waals surface area (Å²) in [4.78, 5) is 0. The number of hydrogen-bond donors (Lipinski definition) is 1. The molecule has 0 fully saturated rings. The molecular weight excluding hydrogens is 306 g/mol. The minimum atomic E-state index is 0.680. The summed E-state index contributed by atoms with van der Waals surface area (Å²) >= 11 is 3.42. The number of benzene rings is 1. The van der Waals surface area contributed by atoms with Gasteiger partial charge in [0, 0.05) is 24.2 Å². The molecule has 0 saturated carbocycles. The van der Waals surface area contributed by atoms with E-state index in [0.717, 1.165) is 50.2 Å². The Morgan fingerprint density at radius 2 is 1.79 bits per heavy atom. The second-order valence-corrected chi connectivity index (χ2v) is 5.25. The molecule has 0 spiro atoms. The van der Waals surface area contributed by atoms with Crippen LogP contribution in [0.5, 0.6) is 0 Å². The van der Waals surface area contributed by atoms with Crippen LogP contribution in [-0.4, -0.2) is 32.9 Å². The molecule has 1 aromatic rings. The Balaban J connectivity index is 1.87. The van der Waals surface area contributed by atoms with E-state index in [0.29, 0.717) is 6.61 Å². The molecule has 4 heteroatoms. The molecule has 0 aliphatic rings. The Kier molecular flexibility index (Phi) is 9.99. The van der Waals surface area contributed by atoms with Crippen LogP contribution in [0.3, 0.4) is 0 Å². The number of unbranched alkanes of at least 4 members (excludes halogenated alkanes) is 1. The van der Waals surface area contributed by atoms with Crippen LogP contribution in [0.25, 0.3) is 0 Å². The maximum Gasteiger partial charge on any atom is 0.0717 e. The molecule has 1 rings (SSSR count). The summed E-state index contributed by atoms with van der Waals surface area (Å²) in [5.74, 6) is 0. The van der Waals surface area contributed by atoms with Crippen LogP contribution in [0.4, 0.5) is 0 Å². The van der Waals surface area contributed by atoms with Gasteiger partial charge in [-0.3, -0.25) is 0 Å². The highest BCUT2D eigenvalue weighted by Gasteiger charge is 1.94. The zero-order chi connectivity index (χ0) is 13.8. The largest absolute Gasteiger partial charge is 0.382 e. The summed E-state index contributed by atoms with van der Waals surface area (Å²) in [6, 6.07) is 8.22. The molecule has 0 aliphatic heterocycles. The Morgan fingerprint density at radius 1 is 1.00 bits per heavy atom. The van der Waals surface area contributed by atoms with Crippen molar-refractivity contribution in [2.75, 3.05) is 32.9 Å². The summed E-state index contributed by atoms with van der Waals surface area (Å²) in [5.41, 5.74) is 1.21. The Morgan fingerprint density at radius 3 is 2.53 bits per heavy atom. The zero-order valence-corrected chi connectivity index (χ0v) is 13.2. The Labute approximate surface area is 124 Å². The van der Waals surface area contributed by atoms with Crippen LogP contribution in [0, 0.1) is 0 Å². The molecular formula is C15H24BrNO2. The summed E-state index contributed by atoms with van der Waals surface area (Å²) in [6.45, 7) is 7.09. The van der Waals surface area contributed by atoms with Crippen LogP contribution < -0.4 is 5.32 Å². The van der Waals surface area contributed by atoms with Crippen molar-refractivity contribution >= 4 is 15.9 Å². The van der Waals surface area contributed by atoms with Crippen molar-refractivity contribution in [2.45, 2.75) is 26.4 Å². The van der Waals surface area contributed by atoms with E-state index in [1.807, 2.05) is 19.1 Å². The van der Waals surface area contributed by atoms with Crippen molar-refractivity contribution in [1.29, 1.82) is 0 Å². The first-order chi connectivity index (χ1) is 9.33. The molecule has 0 unspecified atom stereocenters. The highest BCUT2D eigenvalue weighted by molar-refractivity contribution is 9.10. The summed E-state index contributed by atoms with van der Waals surface area (Å²) in [5, 5.41) is 3.37. The van der Waals surface area contributed by atoms with Gasteiger partial charge in [0.05, 0.1) is 13.2 Å². The highest BCUT2D eigenvalue weighted by atomic mass is 79.9. The molecule has 0 aromatic heterocycles.